The first-order valence-electron chi connectivity index (χ1n) is 9.92. The molecular formula is C22H22ClNO6. The highest BCUT2D eigenvalue weighted by atomic mass is 35.5. The number of ketones is 2. The molecular weight excluding hydrogens is 410 g/mol. The van der Waals surface area contributed by atoms with Gasteiger partial charge in [0.15, 0.2) is 29.7 Å². The van der Waals surface area contributed by atoms with Crippen molar-refractivity contribution in [2.75, 3.05) is 13.7 Å². The molecule has 0 spiro atoms. The fraction of sp³-hybridized carbons (Fsp3) is 0.409. The molecule has 0 unspecified atom stereocenters. The Labute approximate surface area is 178 Å². The lowest BCUT2D eigenvalue weighted by atomic mass is 9.71. The van der Waals surface area contributed by atoms with Gasteiger partial charge in [-0.3, -0.25) is 9.59 Å². The normalized spacial score (nSPS) is 19.3. The van der Waals surface area contributed by atoms with Crippen molar-refractivity contribution in [1.29, 1.82) is 0 Å². The number of halogens is 1. The smallest absolute Gasteiger partial charge is 0.341 e. The molecule has 1 aliphatic heterocycles. The summed E-state index contributed by atoms with van der Waals surface area (Å²) in [5, 5.41) is 12.4. The SMILES string of the molecule is COc1cc(C2C3=C(CCCC3=O)NC3=C2C(=O)CCC3)cc(Cl)c1OCC(=O)O. The Morgan fingerprint density at radius 3 is 2.23 bits per heavy atom. The molecule has 0 fully saturated rings. The summed E-state index contributed by atoms with van der Waals surface area (Å²) in [6.07, 6.45) is 3.96. The van der Waals surface area contributed by atoms with Crippen molar-refractivity contribution in [3.05, 3.63) is 45.3 Å². The molecule has 1 aromatic rings. The quantitative estimate of drug-likeness (QED) is 0.735. The minimum atomic E-state index is -1.14. The van der Waals surface area contributed by atoms with Gasteiger partial charge in [0.2, 0.25) is 0 Å². The van der Waals surface area contributed by atoms with Crippen LogP contribution >= 0.6 is 11.6 Å². The number of carbonyl (C=O) groups excluding carboxylic acids is 2. The van der Waals surface area contributed by atoms with Gasteiger partial charge in [0.1, 0.15) is 0 Å². The zero-order chi connectivity index (χ0) is 21.4. The minimum Gasteiger partial charge on any atom is -0.493 e. The maximum atomic E-state index is 12.9. The third-order valence-electron chi connectivity index (χ3n) is 5.72. The second kappa shape index (κ2) is 8.14. The Morgan fingerprint density at radius 2 is 1.70 bits per heavy atom. The van der Waals surface area contributed by atoms with Crippen LogP contribution in [0.25, 0.3) is 0 Å². The zero-order valence-corrected chi connectivity index (χ0v) is 17.3. The second-order valence-corrected chi connectivity index (χ2v) is 8.02. The van der Waals surface area contributed by atoms with Crippen LogP contribution in [0.5, 0.6) is 11.5 Å². The maximum absolute atomic E-state index is 12.9. The number of benzene rings is 1. The number of aliphatic carboxylic acids is 1. The van der Waals surface area contributed by atoms with Crippen molar-refractivity contribution >= 4 is 29.1 Å². The van der Waals surface area contributed by atoms with Gasteiger partial charge in [-0.1, -0.05) is 11.6 Å². The molecule has 30 heavy (non-hydrogen) atoms. The first kappa shape index (κ1) is 20.5. The number of dihydropyridines is 1. The number of carbonyl (C=O) groups is 3. The number of hydrogen-bond acceptors (Lipinski definition) is 6. The van der Waals surface area contributed by atoms with E-state index < -0.39 is 18.5 Å². The van der Waals surface area contributed by atoms with Crippen LogP contribution in [-0.4, -0.2) is 36.4 Å². The molecule has 0 radical (unpaired) electrons. The average Bonchev–Trinajstić information content (AvgIpc) is 2.71. The molecule has 2 N–H and O–H groups in total. The Morgan fingerprint density at radius 1 is 1.10 bits per heavy atom. The van der Waals surface area contributed by atoms with Crippen molar-refractivity contribution in [3.8, 4) is 11.5 Å². The number of ether oxygens (including phenoxy) is 2. The predicted octanol–water partition coefficient (Wildman–Crippen LogP) is 3.51. The molecule has 0 saturated heterocycles. The standard InChI is InChI=1S/C22H22ClNO6/c1-29-17-9-11(8-12(23)22(17)30-10-18(27)28)19-20-13(4-2-6-15(20)25)24-14-5-3-7-16(26)21(14)19/h8-9,19,24H,2-7,10H2,1H3,(H,27,28). The summed E-state index contributed by atoms with van der Waals surface area (Å²) in [5.74, 6) is -1.22. The number of allylic oxidation sites excluding steroid dienone is 4. The van der Waals surface area contributed by atoms with Gasteiger partial charge in [-0.25, -0.2) is 4.79 Å². The molecule has 7 nitrogen and oxygen atoms in total. The van der Waals surface area contributed by atoms with Gasteiger partial charge >= 0.3 is 5.97 Å². The highest BCUT2D eigenvalue weighted by Crippen LogP contribution is 2.48. The lowest BCUT2D eigenvalue weighted by molar-refractivity contribution is -0.139. The average molecular weight is 432 g/mol. The van der Waals surface area contributed by atoms with Crippen molar-refractivity contribution in [2.24, 2.45) is 0 Å². The fourth-order valence-electron chi connectivity index (χ4n) is 4.50. The van der Waals surface area contributed by atoms with Gasteiger partial charge in [-0.2, -0.15) is 0 Å². The van der Waals surface area contributed by atoms with Gasteiger partial charge in [0, 0.05) is 41.3 Å². The van der Waals surface area contributed by atoms with E-state index in [0.29, 0.717) is 29.6 Å². The van der Waals surface area contributed by atoms with Crippen LogP contribution in [0.15, 0.2) is 34.7 Å². The Hall–Kier alpha value is -2.80. The van der Waals surface area contributed by atoms with E-state index in [-0.39, 0.29) is 28.1 Å². The van der Waals surface area contributed by atoms with E-state index >= 15 is 0 Å². The van der Waals surface area contributed by atoms with Gasteiger partial charge in [-0.15, -0.1) is 0 Å². The van der Waals surface area contributed by atoms with Crippen LogP contribution < -0.4 is 14.8 Å². The molecule has 0 amide bonds. The van der Waals surface area contributed by atoms with Crippen LogP contribution in [0.4, 0.5) is 0 Å². The summed E-state index contributed by atoms with van der Waals surface area (Å²) in [6, 6.07) is 3.31. The van der Waals surface area contributed by atoms with E-state index in [4.69, 9.17) is 26.2 Å². The first-order valence-corrected chi connectivity index (χ1v) is 10.3. The maximum Gasteiger partial charge on any atom is 0.341 e. The Balaban J connectivity index is 1.86. The van der Waals surface area contributed by atoms with E-state index in [0.717, 1.165) is 37.1 Å². The van der Waals surface area contributed by atoms with E-state index in [1.54, 1.807) is 12.1 Å². The zero-order valence-electron chi connectivity index (χ0n) is 16.5. The molecule has 0 atom stereocenters. The minimum absolute atomic E-state index is 0.0277. The van der Waals surface area contributed by atoms with Crippen LogP contribution in [0.1, 0.15) is 50.0 Å². The number of hydrogen-bond donors (Lipinski definition) is 2. The highest BCUT2D eigenvalue weighted by Gasteiger charge is 2.40. The van der Waals surface area contributed by atoms with Crippen molar-refractivity contribution in [2.45, 2.75) is 44.4 Å². The van der Waals surface area contributed by atoms with Crippen molar-refractivity contribution < 1.29 is 29.0 Å². The summed E-state index contributed by atoms with van der Waals surface area (Å²) in [4.78, 5) is 36.7. The number of Topliss-reactive ketones (excluding diaryl/α,β-unsaturated/α-hetero) is 2. The molecule has 3 aliphatic rings. The van der Waals surface area contributed by atoms with E-state index in [1.807, 2.05) is 0 Å². The fourth-order valence-corrected chi connectivity index (χ4v) is 4.77. The predicted molar refractivity (Wildman–Crippen MR) is 109 cm³/mol. The number of methoxy groups -OCH3 is 1. The molecule has 4 rings (SSSR count). The van der Waals surface area contributed by atoms with Crippen molar-refractivity contribution in [3.63, 3.8) is 0 Å². The molecule has 158 valence electrons. The van der Waals surface area contributed by atoms with Crippen molar-refractivity contribution in [1.82, 2.24) is 5.32 Å². The summed E-state index contributed by atoms with van der Waals surface area (Å²) in [7, 11) is 1.43. The summed E-state index contributed by atoms with van der Waals surface area (Å²) < 4.78 is 10.7. The Bertz CT molecular complexity index is 967. The third-order valence-corrected chi connectivity index (χ3v) is 6.00. The molecule has 1 heterocycles. The molecule has 0 bridgehead atoms. The lowest BCUT2D eigenvalue weighted by Gasteiger charge is -2.37. The highest BCUT2D eigenvalue weighted by molar-refractivity contribution is 6.32. The topological polar surface area (TPSA) is 102 Å². The van der Waals surface area contributed by atoms with E-state index in [2.05, 4.69) is 5.32 Å². The van der Waals surface area contributed by atoms with Gasteiger partial charge in [0.25, 0.3) is 0 Å². The van der Waals surface area contributed by atoms with E-state index in [1.165, 1.54) is 7.11 Å². The number of nitrogens with one attached hydrogen (secondary N) is 1. The molecule has 8 heteroatoms. The number of carboxylic acids is 1. The number of carboxylic acid groups (broad SMARTS) is 1. The van der Waals surface area contributed by atoms with Gasteiger partial charge in [0.05, 0.1) is 12.1 Å². The van der Waals surface area contributed by atoms with Crippen LogP contribution in [-0.2, 0) is 14.4 Å². The monoisotopic (exact) mass is 431 g/mol. The summed E-state index contributed by atoms with van der Waals surface area (Å²) >= 11 is 6.42. The van der Waals surface area contributed by atoms with Crippen LogP contribution in [0.2, 0.25) is 5.02 Å². The van der Waals surface area contributed by atoms with Gasteiger partial charge < -0.3 is 19.9 Å². The third kappa shape index (κ3) is 3.58. The molecule has 0 saturated carbocycles. The first-order chi connectivity index (χ1) is 14.4. The number of rotatable bonds is 5. The summed E-state index contributed by atoms with van der Waals surface area (Å²) in [6.45, 7) is -0.565. The summed E-state index contributed by atoms with van der Waals surface area (Å²) in [5.41, 5.74) is 3.66. The molecule has 2 aliphatic carbocycles. The second-order valence-electron chi connectivity index (χ2n) is 7.61. The Kier molecular flexibility index (Phi) is 5.56. The largest absolute Gasteiger partial charge is 0.493 e. The molecule has 1 aromatic carbocycles. The van der Waals surface area contributed by atoms with Crippen LogP contribution in [0.3, 0.4) is 0 Å². The van der Waals surface area contributed by atoms with Gasteiger partial charge in [-0.05, 0) is 43.4 Å². The lowest BCUT2D eigenvalue weighted by Crippen LogP contribution is -2.36. The molecule has 0 aromatic heterocycles. The van der Waals surface area contributed by atoms with E-state index in [9.17, 15) is 14.4 Å². The van der Waals surface area contributed by atoms with Crippen LogP contribution in [0, 0.1) is 0 Å².